The summed E-state index contributed by atoms with van der Waals surface area (Å²) in [6.07, 6.45) is 0. The molecule has 1 N–H and O–H groups in total. The molecule has 2 aromatic carbocycles. The Labute approximate surface area is 163 Å². The summed E-state index contributed by atoms with van der Waals surface area (Å²) in [5.74, 6) is -0.180. The lowest BCUT2D eigenvalue weighted by molar-refractivity contribution is -0.118. The number of rotatable bonds is 9. The molecule has 144 valence electrons. The van der Waals surface area contributed by atoms with Crippen LogP contribution in [0, 0.1) is 6.92 Å². The van der Waals surface area contributed by atoms with E-state index in [0.29, 0.717) is 35.2 Å². The van der Waals surface area contributed by atoms with Gasteiger partial charge in [-0.2, -0.15) is 0 Å². The summed E-state index contributed by atoms with van der Waals surface area (Å²) in [5.41, 5.74) is 1.83. The molecule has 0 saturated carbocycles. The minimum absolute atomic E-state index is 0.137. The van der Waals surface area contributed by atoms with Crippen molar-refractivity contribution in [3.8, 4) is 5.75 Å². The number of halogens is 1. The van der Waals surface area contributed by atoms with Gasteiger partial charge in [0.25, 0.3) is 5.91 Å². The van der Waals surface area contributed by atoms with E-state index >= 15 is 0 Å². The van der Waals surface area contributed by atoms with E-state index in [9.17, 15) is 9.59 Å². The normalized spacial score (nSPS) is 10.3. The van der Waals surface area contributed by atoms with E-state index in [1.54, 1.807) is 42.5 Å². The second kappa shape index (κ2) is 10.5. The highest BCUT2D eigenvalue weighted by Crippen LogP contribution is 2.21. The molecule has 27 heavy (non-hydrogen) atoms. The molecule has 0 atom stereocenters. The Balaban J connectivity index is 1.80. The topological polar surface area (TPSA) is 73.9 Å². The highest BCUT2D eigenvalue weighted by Gasteiger charge is 2.09. The average molecular weight is 392 g/mol. The van der Waals surface area contributed by atoms with Crippen molar-refractivity contribution >= 4 is 29.2 Å². The fourth-order valence-corrected chi connectivity index (χ4v) is 2.28. The van der Waals surface area contributed by atoms with Gasteiger partial charge in [-0.05, 0) is 61.9 Å². The molecule has 0 spiro atoms. The first-order chi connectivity index (χ1) is 13.0. The number of benzene rings is 2. The van der Waals surface area contributed by atoms with E-state index in [4.69, 9.17) is 25.8 Å². The Kier molecular flexibility index (Phi) is 8.10. The van der Waals surface area contributed by atoms with Crippen LogP contribution in [0.5, 0.6) is 5.75 Å². The molecule has 0 aliphatic rings. The smallest absolute Gasteiger partial charge is 0.338 e. The third kappa shape index (κ3) is 6.92. The molecule has 7 heteroatoms. The fourth-order valence-electron chi connectivity index (χ4n) is 2.16. The van der Waals surface area contributed by atoms with E-state index in [1.807, 2.05) is 13.8 Å². The molecule has 2 aromatic rings. The number of hydrogen-bond donors (Lipinski definition) is 1. The number of carbonyl (C=O) groups is 2. The summed E-state index contributed by atoms with van der Waals surface area (Å²) < 4.78 is 15.6. The van der Waals surface area contributed by atoms with E-state index < -0.39 is 5.97 Å². The number of carbonyl (C=O) groups excluding carboxylic acids is 2. The Morgan fingerprint density at radius 2 is 1.81 bits per heavy atom. The minimum atomic E-state index is -0.436. The van der Waals surface area contributed by atoms with Crippen LogP contribution in [-0.2, 0) is 14.3 Å². The van der Waals surface area contributed by atoms with Gasteiger partial charge in [0.2, 0.25) is 0 Å². The molecule has 2 rings (SSSR count). The number of ether oxygens (including phenoxy) is 3. The van der Waals surface area contributed by atoms with Gasteiger partial charge in [-0.3, -0.25) is 4.79 Å². The molecule has 0 aromatic heterocycles. The highest BCUT2D eigenvalue weighted by atomic mass is 35.5. The van der Waals surface area contributed by atoms with Crippen LogP contribution in [0.3, 0.4) is 0 Å². The van der Waals surface area contributed by atoms with Gasteiger partial charge >= 0.3 is 5.97 Å². The Morgan fingerprint density at radius 1 is 1.07 bits per heavy atom. The van der Waals surface area contributed by atoms with Gasteiger partial charge in [-0.15, -0.1) is 0 Å². The monoisotopic (exact) mass is 391 g/mol. The van der Waals surface area contributed by atoms with Crippen LogP contribution in [-0.4, -0.2) is 38.3 Å². The van der Waals surface area contributed by atoms with Crippen molar-refractivity contribution in [3.63, 3.8) is 0 Å². The first-order valence-corrected chi connectivity index (χ1v) is 8.91. The number of hydrogen-bond acceptors (Lipinski definition) is 5. The molecule has 0 unspecified atom stereocenters. The molecule has 1 amide bonds. The molecule has 0 fully saturated rings. The lowest BCUT2D eigenvalue weighted by atomic mass is 10.2. The van der Waals surface area contributed by atoms with Crippen molar-refractivity contribution in [3.05, 3.63) is 58.6 Å². The lowest BCUT2D eigenvalue weighted by Gasteiger charge is -2.09. The van der Waals surface area contributed by atoms with Crippen LogP contribution in [0.4, 0.5) is 5.69 Å². The third-order valence-electron chi connectivity index (χ3n) is 3.57. The maximum absolute atomic E-state index is 12.0. The van der Waals surface area contributed by atoms with E-state index in [2.05, 4.69) is 5.32 Å². The standard InChI is InChI=1S/C20H22ClNO5/c1-3-25-10-11-26-20(24)15-4-6-16(7-5-15)22-19(23)13-27-17-8-9-18(21)14(2)12-17/h4-9,12H,3,10-11,13H2,1-2H3,(H,22,23). The fraction of sp³-hybridized carbons (Fsp3) is 0.300. The van der Waals surface area contributed by atoms with Crippen molar-refractivity contribution in [1.29, 1.82) is 0 Å². The summed E-state index contributed by atoms with van der Waals surface area (Å²) in [5, 5.41) is 3.34. The van der Waals surface area contributed by atoms with Crippen LogP contribution < -0.4 is 10.1 Å². The molecule has 0 heterocycles. The Bertz CT molecular complexity index is 776. The summed E-state index contributed by atoms with van der Waals surface area (Å²) >= 11 is 5.95. The maximum atomic E-state index is 12.0. The van der Waals surface area contributed by atoms with Gasteiger partial charge in [0.05, 0.1) is 12.2 Å². The number of nitrogens with one attached hydrogen (secondary N) is 1. The molecule has 0 aliphatic heterocycles. The molecular formula is C20H22ClNO5. The van der Waals surface area contributed by atoms with Crippen molar-refractivity contribution < 1.29 is 23.8 Å². The lowest BCUT2D eigenvalue weighted by Crippen LogP contribution is -2.20. The zero-order chi connectivity index (χ0) is 19.6. The largest absolute Gasteiger partial charge is 0.484 e. The zero-order valence-electron chi connectivity index (χ0n) is 15.3. The van der Waals surface area contributed by atoms with E-state index in [1.165, 1.54) is 0 Å². The van der Waals surface area contributed by atoms with Gasteiger partial charge in [0, 0.05) is 17.3 Å². The second-order valence-electron chi connectivity index (χ2n) is 5.66. The van der Waals surface area contributed by atoms with Gasteiger partial charge in [-0.1, -0.05) is 11.6 Å². The van der Waals surface area contributed by atoms with Gasteiger partial charge < -0.3 is 19.5 Å². The van der Waals surface area contributed by atoms with Crippen molar-refractivity contribution in [2.24, 2.45) is 0 Å². The van der Waals surface area contributed by atoms with Crippen LogP contribution in [0.1, 0.15) is 22.8 Å². The molecule has 6 nitrogen and oxygen atoms in total. The van der Waals surface area contributed by atoms with Crippen LogP contribution in [0.2, 0.25) is 5.02 Å². The Hall–Kier alpha value is -2.57. The van der Waals surface area contributed by atoms with Crippen LogP contribution >= 0.6 is 11.6 Å². The quantitative estimate of drug-likeness (QED) is 0.519. The minimum Gasteiger partial charge on any atom is -0.484 e. The van der Waals surface area contributed by atoms with Gasteiger partial charge in [0.15, 0.2) is 6.61 Å². The average Bonchev–Trinajstić information content (AvgIpc) is 2.66. The number of anilines is 1. The molecule has 0 saturated heterocycles. The summed E-state index contributed by atoms with van der Waals surface area (Å²) in [6.45, 7) is 4.74. The Morgan fingerprint density at radius 3 is 2.48 bits per heavy atom. The second-order valence-corrected chi connectivity index (χ2v) is 6.07. The van der Waals surface area contributed by atoms with Crippen LogP contribution in [0.25, 0.3) is 0 Å². The number of aryl methyl sites for hydroxylation is 1. The van der Waals surface area contributed by atoms with Crippen LogP contribution in [0.15, 0.2) is 42.5 Å². The molecule has 0 aliphatic carbocycles. The number of esters is 1. The SMILES string of the molecule is CCOCCOC(=O)c1ccc(NC(=O)COc2ccc(Cl)c(C)c2)cc1. The number of amides is 1. The van der Waals surface area contributed by atoms with Crippen molar-refractivity contribution in [2.45, 2.75) is 13.8 Å². The van der Waals surface area contributed by atoms with Gasteiger partial charge in [0.1, 0.15) is 12.4 Å². The predicted octanol–water partition coefficient (Wildman–Crippen LogP) is 3.86. The van der Waals surface area contributed by atoms with Crippen molar-refractivity contribution in [1.82, 2.24) is 0 Å². The highest BCUT2D eigenvalue weighted by molar-refractivity contribution is 6.31. The summed E-state index contributed by atoms with van der Waals surface area (Å²) in [6, 6.07) is 11.6. The summed E-state index contributed by atoms with van der Waals surface area (Å²) in [4.78, 5) is 23.8. The zero-order valence-corrected chi connectivity index (χ0v) is 16.0. The molecule has 0 bridgehead atoms. The summed E-state index contributed by atoms with van der Waals surface area (Å²) in [7, 11) is 0. The maximum Gasteiger partial charge on any atom is 0.338 e. The third-order valence-corrected chi connectivity index (χ3v) is 3.99. The molecule has 0 radical (unpaired) electrons. The first-order valence-electron chi connectivity index (χ1n) is 8.53. The van der Waals surface area contributed by atoms with Gasteiger partial charge in [-0.25, -0.2) is 4.79 Å². The first kappa shape index (κ1) is 20.7. The predicted molar refractivity (Wildman–Crippen MR) is 104 cm³/mol. The van der Waals surface area contributed by atoms with E-state index in [-0.39, 0.29) is 19.1 Å². The van der Waals surface area contributed by atoms with E-state index in [0.717, 1.165) is 5.56 Å². The molecular weight excluding hydrogens is 370 g/mol. The van der Waals surface area contributed by atoms with Crippen molar-refractivity contribution in [2.75, 3.05) is 31.7 Å².